The van der Waals surface area contributed by atoms with Crippen LogP contribution >= 0.6 is 0 Å². The van der Waals surface area contributed by atoms with Gasteiger partial charge in [0, 0.05) is 26.4 Å². The van der Waals surface area contributed by atoms with E-state index in [2.05, 4.69) is 0 Å². The molecule has 0 aliphatic carbocycles. The van der Waals surface area contributed by atoms with Crippen LogP contribution in [0, 0.1) is 0 Å². The molecule has 0 saturated heterocycles. The summed E-state index contributed by atoms with van der Waals surface area (Å²) < 4.78 is 4.94. The Morgan fingerprint density at radius 1 is 1.56 bits per heavy atom. The second-order valence-corrected chi connectivity index (χ2v) is 3.50. The molecule has 0 heterocycles. The zero-order chi connectivity index (χ0) is 12.1. The fourth-order valence-corrected chi connectivity index (χ4v) is 1.39. The Bertz CT molecular complexity index is 379. The van der Waals surface area contributed by atoms with Crippen molar-refractivity contribution in [2.45, 2.75) is 0 Å². The maximum atomic E-state index is 11.0. The first-order valence-corrected chi connectivity index (χ1v) is 4.89. The first kappa shape index (κ1) is 12.3. The quantitative estimate of drug-likeness (QED) is 0.731. The van der Waals surface area contributed by atoms with Crippen molar-refractivity contribution in [3.05, 3.63) is 23.8 Å². The minimum absolute atomic E-state index is 0.243. The van der Waals surface area contributed by atoms with Crippen molar-refractivity contribution in [1.29, 1.82) is 0 Å². The van der Waals surface area contributed by atoms with Gasteiger partial charge in [0.1, 0.15) is 0 Å². The van der Waals surface area contributed by atoms with E-state index in [1.165, 1.54) is 6.07 Å². The standard InChI is InChI=1S/C11H16N2O3/c1-13(5-6-16-2)10-7-8(12)3-4-9(10)11(14)15/h3-4,7H,5-6,12H2,1-2H3,(H,14,15). The van der Waals surface area contributed by atoms with E-state index >= 15 is 0 Å². The monoisotopic (exact) mass is 224 g/mol. The van der Waals surface area contributed by atoms with Crippen LogP contribution < -0.4 is 10.6 Å². The Balaban J connectivity index is 2.99. The molecular formula is C11H16N2O3. The minimum atomic E-state index is -0.959. The second kappa shape index (κ2) is 5.37. The van der Waals surface area contributed by atoms with Crippen LogP contribution in [-0.2, 0) is 4.74 Å². The molecular weight excluding hydrogens is 208 g/mol. The molecule has 0 spiro atoms. The lowest BCUT2D eigenvalue weighted by Crippen LogP contribution is -2.24. The molecule has 1 rings (SSSR count). The SMILES string of the molecule is COCCN(C)c1cc(N)ccc1C(=O)O. The summed E-state index contributed by atoms with van der Waals surface area (Å²) in [4.78, 5) is 12.8. The third-order valence-corrected chi connectivity index (χ3v) is 2.29. The minimum Gasteiger partial charge on any atom is -0.478 e. The van der Waals surface area contributed by atoms with E-state index in [1.54, 1.807) is 26.3 Å². The van der Waals surface area contributed by atoms with Gasteiger partial charge in [-0.15, -0.1) is 0 Å². The van der Waals surface area contributed by atoms with Crippen LogP contribution in [0.4, 0.5) is 11.4 Å². The molecule has 5 heteroatoms. The van der Waals surface area contributed by atoms with Crippen molar-refractivity contribution < 1.29 is 14.6 Å². The molecule has 0 radical (unpaired) electrons. The fourth-order valence-electron chi connectivity index (χ4n) is 1.39. The maximum absolute atomic E-state index is 11.0. The van der Waals surface area contributed by atoms with E-state index in [0.29, 0.717) is 24.5 Å². The Kier molecular flexibility index (Phi) is 4.13. The zero-order valence-corrected chi connectivity index (χ0v) is 9.43. The largest absolute Gasteiger partial charge is 0.478 e. The Hall–Kier alpha value is -1.75. The molecule has 88 valence electrons. The van der Waals surface area contributed by atoms with Crippen molar-refractivity contribution in [1.82, 2.24) is 0 Å². The normalized spacial score (nSPS) is 10.1. The number of ether oxygens (including phenoxy) is 1. The highest BCUT2D eigenvalue weighted by Crippen LogP contribution is 2.22. The Morgan fingerprint density at radius 2 is 2.25 bits per heavy atom. The van der Waals surface area contributed by atoms with Crippen LogP contribution in [0.3, 0.4) is 0 Å². The Labute approximate surface area is 94.4 Å². The van der Waals surface area contributed by atoms with Crippen LogP contribution in [0.5, 0.6) is 0 Å². The highest BCUT2D eigenvalue weighted by atomic mass is 16.5. The van der Waals surface area contributed by atoms with Crippen molar-refractivity contribution in [2.75, 3.05) is 37.9 Å². The third kappa shape index (κ3) is 2.87. The molecule has 0 fully saturated rings. The van der Waals surface area contributed by atoms with Crippen LogP contribution in [0.2, 0.25) is 0 Å². The third-order valence-electron chi connectivity index (χ3n) is 2.29. The van der Waals surface area contributed by atoms with E-state index in [9.17, 15) is 4.79 Å². The second-order valence-electron chi connectivity index (χ2n) is 3.50. The number of benzene rings is 1. The number of likely N-dealkylation sites (N-methyl/N-ethyl adjacent to an activating group) is 1. The number of carbonyl (C=O) groups is 1. The van der Waals surface area contributed by atoms with Crippen LogP contribution in [0.15, 0.2) is 18.2 Å². The molecule has 1 aromatic rings. The molecule has 1 aromatic carbocycles. The topological polar surface area (TPSA) is 75.8 Å². The van der Waals surface area contributed by atoms with Crippen molar-refractivity contribution in [2.24, 2.45) is 0 Å². The summed E-state index contributed by atoms with van der Waals surface area (Å²) in [6.45, 7) is 1.14. The van der Waals surface area contributed by atoms with E-state index in [-0.39, 0.29) is 5.56 Å². The fraction of sp³-hybridized carbons (Fsp3) is 0.364. The van der Waals surface area contributed by atoms with E-state index in [4.69, 9.17) is 15.6 Å². The summed E-state index contributed by atoms with van der Waals surface area (Å²) in [6.07, 6.45) is 0. The predicted molar refractivity (Wildman–Crippen MR) is 63.0 cm³/mol. The molecule has 0 bridgehead atoms. The molecule has 0 saturated carbocycles. The Morgan fingerprint density at radius 3 is 2.81 bits per heavy atom. The van der Waals surface area contributed by atoms with Crippen molar-refractivity contribution in [3.8, 4) is 0 Å². The van der Waals surface area contributed by atoms with Gasteiger partial charge in [-0.3, -0.25) is 0 Å². The van der Waals surface area contributed by atoms with Crippen LogP contribution in [-0.4, -0.2) is 38.4 Å². The molecule has 0 aliphatic rings. The summed E-state index contributed by atoms with van der Waals surface area (Å²) in [6, 6.07) is 4.74. The van der Waals surface area contributed by atoms with Gasteiger partial charge in [0.2, 0.25) is 0 Å². The van der Waals surface area contributed by atoms with Gasteiger partial charge < -0.3 is 20.5 Å². The highest BCUT2D eigenvalue weighted by Gasteiger charge is 2.13. The number of hydrogen-bond donors (Lipinski definition) is 2. The highest BCUT2D eigenvalue weighted by molar-refractivity contribution is 5.95. The smallest absolute Gasteiger partial charge is 0.337 e. The number of nitrogens with two attached hydrogens (primary N) is 1. The number of carboxylic acid groups (broad SMARTS) is 1. The van der Waals surface area contributed by atoms with Crippen molar-refractivity contribution >= 4 is 17.3 Å². The van der Waals surface area contributed by atoms with Gasteiger partial charge in [-0.05, 0) is 18.2 Å². The molecule has 0 unspecified atom stereocenters. The first-order valence-electron chi connectivity index (χ1n) is 4.89. The van der Waals surface area contributed by atoms with Crippen LogP contribution in [0.1, 0.15) is 10.4 Å². The lowest BCUT2D eigenvalue weighted by atomic mass is 10.1. The molecule has 16 heavy (non-hydrogen) atoms. The van der Waals surface area contributed by atoms with Gasteiger partial charge in [0.25, 0.3) is 0 Å². The van der Waals surface area contributed by atoms with Crippen molar-refractivity contribution in [3.63, 3.8) is 0 Å². The summed E-state index contributed by atoms with van der Waals surface area (Å²) >= 11 is 0. The lowest BCUT2D eigenvalue weighted by Gasteiger charge is -2.21. The van der Waals surface area contributed by atoms with Gasteiger partial charge in [0.05, 0.1) is 17.9 Å². The molecule has 0 amide bonds. The van der Waals surface area contributed by atoms with Crippen LogP contribution in [0.25, 0.3) is 0 Å². The van der Waals surface area contributed by atoms with E-state index in [0.717, 1.165) is 0 Å². The molecule has 5 nitrogen and oxygen atoms in total. The zero-order valence-electron chi connectivity index (χ0n) is 9.43. The number of rotatable bonds is 5. The van der Waals surface area contributed by atoms with Gasteiger partial charge in [-0.1, -0.05) is 0 Å². The van der Waals surface area contributed by atoms with Gasteiger partial charge in [-0.25, -0.2) is 4.79 Å². The number of aromatic carboxylic acids is 1. The molecule has 0 atom stereocenters. The number of nitrogens with zero attached hydrogens (tertiary/aromatic N) is 1. The summed E-state index contributed by atoms with van der Waals surface area (Å²) in [5, 5.41) is 9.03. The summed E-state index contributed by atoms with van der Waals surface area (Å²) in [7, 11) is 3.41. The van der Waals surface area contributed by atoms with E-state index < -0.39 is 5.97 Å². The maximum Gasteiger partial charge on any atom is 0.337 e. The van der Waals surface area contributed by atoms with E-state index in [1.807, 2.05) is 4.90 Å². The predicted octanol–water partition coefficient (Wildman–Crippen LogP) is 1.05. The number of methoxy groups -OCH3 is 1. The molecule has 0 aromatic heterocycles. The average Bonchev–Trinajstić information content (AvgIpc) is 2.25. The molecule has 3 N–H and O–H groups in total. The molecule has 0 aliphatic heterocycles. The number of hydrogen-bond acceptors (Lipinski definition) is 4. The first-order chi connectivity index (χ1) is 7.56. The van der Waals surface area contributed by atoms with Gasteiger partial charge in [-0.2, -0.15) is 0 Å². The summed E-state index contributed by atoms with van der Waals surface area (Å²) in [5.41, 5.74) is 7.03. The van der Waals surface area contributed by atoms with Gasteiger partial charge in [0.15, 0.2) is 0 Å². The van der Waals surface area contributed by atoms with Gasteiger partial charge >= 0.3 is 5.97 Å². The summed E-state index contributed by atoms with van der Waals surface area (Å²) in [5.74, 6) is -0.959. The lowest BCUT2D eigenvalue weighted by molar-refractivity contribution is 0.0697. The average molecular weight is 224 g/mol. The number of carboxylic acids is 1. The number of anilines is 2. The number of nitrogen functional groups attached to an aromatic ring is 1.